The number of aryl methyl sites for hydroxylation is 1. The first-order valence-corrected chi connectivity index (χ1v) is 9.56. The number of hydrogen-bond acceptors (Lipinski definition) is 6. The Morgan fingerprint density at radius 3 is 2.65 bits per heavy atom. The first-order chi connectivity index (χ1) is 14.6. The molecule has 2 aromatic heterocycles. The van der Waals surface area contributed by atoms with E-state index in [1.807, 2.05) is 0 Å². The Labute approximate surface area is 176 Å². The van der Waals surface area contributed by atoms with Crippen LogP contribution in [0.1, 0.15) is 16.1 Å². The number of carbonyl (C=O) groups excluding carboxylic acids is 1. The molecule has 2 aromatic carbocycles. The van der Waals surface area contributed by atoms with Crippen LogP contribution < -0.4 is 5.32 Å². The number of benzene rings is 2. The third-order valence-electron chi connectivity index (χ3n) is 4.49. The zero-order chi connectivity index (χ0) is 22.3. The Bertz CT molecular complexity index is 1330. The summed E-state index contributed by atoms with van der Waals surface area (Å²) in [4.78, 5) is 27.6. The number of alkyl halides is 3. The van der Waals surface area contributed by atoms with Crippen molar-refractivity contribution in [3.05, 3.63) is 69.3 Å². The lowest BCUT2D eigenvalue weighted by molar-refractivity contribution is -0.384. The van der Waals surface area contributed by atoms with Crippen LogP contribution in [0.15, 0.2) is 48.0 Å². The van der Waals surface area contributed by atoms with Gasteiger partial charge >= 0.3 is 6.18 Å². The number of nitrogens with one attached hydrogen (secondary N) is 1. The van der Waals surface area contributed by atoms with Crippen LogP contribution in [0.3, 0.4) is 0 Å². The molecule has 4 aromatic rings. The third kappa shape index (κ3) is 3.97. The third-order valence-corrected chi connectivity index (χ3v) is 5.30. The minimum Gasteiger partial charge on any atom is -0.322 e. The highest BCUT2D eigenvalue weighted by atomic mass is 32.1. The minimum atomic E-state index is -4.69. The number of nitro groups is 1. The fourth-order valence-electron chi connectivity index (χ4n) is 3.04. The zero-order valence-corrected chi connectivity index (χ0v) is 16.5. The Kier molecular flexibility index (Phi) is 4.93. The Hall–Kier alpha value is -3.80. The number of anilines is 1. The molecule has 1 N–H and O–H groups in total. The van der Waals surface area contributed by atoms with E-state index in [1.165, 1.54) is 30.5 Å². The van der Waals surface area contributed by atoms with Gasteiger partial charge in [-0.25, -0.2) is 4.98 Å². The summed E-state index contributed by atoms with van der Waals surface area (Å²) < 4.78 is 40.7. The Balaban J connectivity index is 1.68. The van der Waals surface area contributed by atoms with Crippen LogP contribution in [0, 0.1) is 10.1 Å². The van der Waals surface area contributed by atoms with Crippen molar-refractivity contribution in [1.82, 2.24) is 14.8 Å². The molecule has 0 spiro atoms. The largest absolute Gasteiger partial charge is 0.435 e. The van der Waals surface area contributed by atoms with Gasteiger partial charge in [-0.05, 0) is 36.4 Å². The molecular formula is C19H12F3N5O3S. The summed E-state index contributed by atoms with van der Waals surface area (Å²) in [5.41, 5.74) is 0.930. The van der Waals surface area contributed by atoms with Crippen molar-refractivity contribution >= 4 is 38.8 Å². The van der Waals surface area contributed by atoms with E-state index in [9.17, 15) is 28.1 Å². The molecule has 0 aliphatic heterocycles. The van der Waals surface area contributed by atoms with Gasteiger partial charge < -0.3 is 5.32 Å². The van der Waals surface area contributed by atoms with Crippen molar-refractivity contribution in [2.75, 3.05) is 5.32 Å². The average Bonchev–Trinajstić information content (AvgIpc) is 3.33. The molecule has 2 heterocycles. The second-order valence-electron chi connectivity index (χ2n) is 6.51. The van der Waals surface area contributed by atoms with E-state index in [4.69, 9.17) is 0 Å². The number of rotatable bonds is 4. The molecule has 0 unspecified atom stereocenters. The summed E-state index contributed by atoms with van der Waals surface area (Å²) in [5, 5.41) is 17.6. The molecular weight excluding hydrogens is 435 g/mol. The fraction of sp³-hybridized carbons (Fsp3) is 0.105. The molecule has 0 aliphatic rings. The number of fused-ring (bicyclic) bond motifs is 1. The lowest BCUT2D eigenvalue weighted by atomic mass is 10.1. The summed E-state index contributed by atoms with van der Waals surface area (Å²) in [6, 6.07) is 9.41. The first kappa shape index (κ1) is 20.5. The van der Waals surface area contributed by atoms with Crippen molar-refractivity contribution in [2.45, 2.75) is 6.18 Å². The smallest absolute Gasteiger partial charge is 0.322 e. The molecule has 0 fully saturated rings. The number of hydrogen-bond donors (Lipinski definition) is 1. The zero-order valence-electron chi connectivity index (χ0n) is 15.7. The quantitative estimate of drug-likeness (QED) is 0.355. The van der Waals surface area contributed by atoms with Gasteiger partial charge in [0.15, 0.2) is 5.69 Å². The SMILES string of the molecule is Cn1nc(C(F)(F)F)cc1-c1ccc(C(=O)Nc2ccc3scnc3c2)cc1[N+](=O)[O-]. The first-order valence-electron chi connectivity index (χ1n) is 8.68. The Morgan fingerprint density at radius 1 is 1.19 bits per heavy atom. The number of thiazole rings is 1. The van der Waals surface area contributed by atoms with Gasteiger partial charge in [-0.2, -0.15) is 18.3 Å². The number of nitrogens with zero attached hydrogens (tertiary/aromatic N) is 4. The van der Waals surface area contributed by atoms with E-state index in [0.29, 0.717) is 11.2 Å². The predicted molar refractivity (Wildman–Crippen MR) is 108 cm³/mol. The van der Waals surface area contributed by atoms with E-state index in [1.54, 1.807) is 23.7 Å². The van der Waals surface area contributed by atoms with Crippen LogP contribution in [-0.2, 0) is 13.2 Å². The molecule has 0 aliphatic carbocycles. The average molecular weight is 447 g/mol. The maximum Gasteiger partial charge on any atom is 0.435 e. The van der Waals surface area contributed by atoms with Crippen molar-refractivity contribution in [3.63, 3.8) is 0 Å². The lowest BCUT2D eigenvalue weighted by Crippen LogP contribution is -2.12. The van der Waals surface area contributed by atoms with Crippen molar-refractivity contribution < 1.29 is 22.9 Å². The number of amides is 1. The molecule has 1 amide bonds. The highest BCUT2D eigenvalue weighted by Crippen LogP contribution is 2.35. The van der Waals surface area contributed by atoms with Crippen LogP contribution in [-0.4, -0.2) is 25.6 Å². The predicted octanol–water partition coefficient (Wildman–Crippen LogP) is 4.88. The molecule has 0 radical (unpaired) electrons. The minimum absolute atomic E-state index is 0.0213. The monoisotopic (exact) mass is 447 g/mol. The van der Waals surface area contributed by atoms with Gasteiger partial charge in [0.2, 0.25) is 0 Å². The molecule has 12 heteroatoms. The second-order valence-corrected chi connectivity index (χ2v) is 7.40. The van der Waals surface area contributed by atoms with E-state index in [2.05, 4.69) is 15.4 Å². The van der Waals surface area contributed by atoms with Gasteiger partial charge in [-0.1, -0.05) is 0 Å². The molecule has 158 valence electrons. The highest BCUT2D eigenvalue weighted by Gasteiger charge is 2.35. The summed E-state index contributed by atoms with van der Waals surface area (Å²) in [6.45, 7) is 0. The van der Waals surface area contributed by atoms with Gasteiger partial charge in [-0.3, -0.25) is 19.6 Å². The normalized spacial score (nSPS) is 11.6. The topological polar surface area (TPSA) is 103 Å². The summed E-state index contributed by atoms with van der Waals surface area (Å²) in [5.74, 6) is -0.606. The molecule has 31 heavy (non-hydrogen) atoms. The van der Waals surface area contributed by atoms with E-state index in [-0.39, 0.29) is 16.8 Å². The summed E-state index contributed by atoms with van der Waals surface area (Å²) >= 11 is 1.44. The standard InChI is InChI=1S/C19H12F3N5O3S/c1-26-14(8-17(25-26)19(20,21)22)12-4-2-10(6-15(12)27(29)30)18(28)24-11-3-5-16-13(7-11)23-9-31-16/h2-9H,1H3,(H,24,28). The molecule has 8 nitrogen and oxygen atoms in total. The van der Waals surface area contributed by atoms with E-state index in [0.717, 1.165) is 21.5 Å². The van der Waals surface area contributed by atoms with Crippen LogP contribution >= 0.6 is 11.3 Å². The highest BCUT2D eigenvalue weighted by molar-refractivity contribution is 7.16. The number of aromatic nitrogens is 3. The molecule has 0 bridgehead atoms. The number of halogens is 3. The van der Waals surface area contributed by atoms with Gasteiger partial charge in [0, 0.05) is 24.4 Å². The fourth-order valence-corrected chi connectivity index (χ4v) is 3.70. The van der Waals surface area contributed by atoms with E-state index >= 15 is 0 Å². The van der Waals surface area contributed by atoms with Gasteiger partial charge in [0.25, 0.3) is 11.6 Å². The summed E-state index contributed by atoms with van der Waals surface area (Å²) in [7, 11) is 1.25. The molecule has 4 rings (SSSR count). The second kappa shape index (κ2) is 7.47. The number of carbonyl (C=O) groups is 1. The van der Waals surface area contributed by atoms with Gasteiger partial charge in [0.05, 0.1) is 31.9 Å². The van der Waals surface area contributed by atoms with Crippen molar-refractivity contribution in [1.29, 1.82) is 0 Å². The van der Waals surface area contributed by atoms with Gasteiger partial charge in [-0.15, -0.1) is 11.3 Å². The molecule has 0 saturated heterocycles. The van der Waals surface area contributed by atoms with Crippen LogP contribution in [0.4, 0.5) is 24.5 Å². The Morgan fingerprint density at radius 2 is 1.97 bits per heavy atom. The number of nitro benzene ring substituents is 1. The molecule has 0 atom stereocenters. The van der Waals surface area contributed by atoms with Crippen molar-refractivity contribution in [2.24, 2.45) is 7.05 Å². The lowest BCUT2D eigenvalue weighted by Gasteiger charge is -2.08. The maximum atomic E-state index is 12.9. The maximum absolute atomic E-state index is 12.9. The van der Waals surface area contributed by atoms with Crippen LogP contribution in [0.25, 0.3) is 21.5 Å². The van der Waals surface area contributed by atoms with Crippen molar-refractivity contribution in [3.8, 4) is 11.3 Å². The van der Waals surface area contributed by atoms with Gasteiger partial charge in [0.1, 0.15) is 0 Å². The van der Waals surface area contributed by atoms with Crippen LogP contribution in [0.2, 0.25) is 0 Å². The van der Waals surface area contributed by atoms with E-state index < -0.39 is 28.4 Å². The summed E-state index contributed by atoms with van der Waals surface area (Å²) in [6.07, 6.45) is -4.69. The van der Waals surface area contributed by atoms with Crippen LogP contribution in [0.5, 0.6) is 0 Å². The molecule has 0 saturated carbocycles.